The minimum absolute atomic E-state index is 0. The van der Waals surface area contributed by atoms with E-state index in [1.54, 1.807) is 12.1 Å². The number of carbonyl (C=O) groups excluding carboxylic acids is 1. The number of halogens is 2. The maximum atomic E-state index is 12.4. The Kier molecular flexibility index (Phi) is 6.67. The summed E-state index contributed by atoms with van der Waals surface area (Å²) >= 11 is 5.85. The molecule has 2 N–H and O–H groups in total. The van der Waals surface area contributed by atoms with Gasteiger partial charge in [-0.05, 0) is 64.0 Å². The molecule has 0 spiro atoms. The van der Waals surface area contributed by atoms with Crippen molar-refractivity contribution < 1.29 is 4.79 Å². The molecule has 1 aromatic carbocycles. The second-order valence-corrected chi connectivity index (χ2v) is 6.85. The predicted octanol–water partition coefficient (Wildman–Crippen LogP) is 3.39. The zero-order valence-corrected chi connectivity index (χ0v) is 14.2. The van der Waals surface area contributed by atoms with E-state index >= 15 is 0 Å². The Morgan fingerprint density at radius 2 is 1.81 bits per heavy atom. The Morgan fingerprint density at radius 1 is 1.29 bits per heavy atom. The van der Waals surface area contributed by atoms with Gasteiger partial charge in [0.25, 0.3) is 0 Å². The van der Waals surface area contributed by atoms with E-state index in [1.165, 1.54) is 0 Å². The number of Topliss-reactive ketones (excluding diaryl/α,β-unsaturated/α-hetero) is 1. The maximum absolute atomic E-state index is 12.4. The Labute approximate surface area is 138 Å². The number of ketones is 1. The molecule has 3 nitrogen and oxygen atoms in total. The number of benzene rings is 1. The normalized spacial score (nSPS) is 17.3. The van der Waals surface area contributed by atoms with E-state index < -0.39 is 0 Å². The van der Waals surface area contributed by atoms with Crippen molar-refractivity contribution in [3.63, 3.8) is 0 Å². The summed E-state index contributed by atoms with van der Waals surface area (Å²) in [6.45, 7) is 6.86. The van der Waals surface area contributed by atoms with Crippen LogP contribution >= 0.6 is 24.0 Å². The number of nitrogens with two attached hydrogens (primary N) is 1. The van der Waals surface area contributed by atoms with E-state index in [4.69, 9.17) is 17.3 Å². The summed E-state index contributed by atoms with van der Waals surface area (Å²) in [4.78, 5) is 14.8. The van der Waals surface area contributed by atoms with Crippen molar-refractivity contribution in [2.24, 2.45) is 11.7 Å². The van der Waals surface area contributed by atoms with Gasteiger partial charge in [-0.2, -0.15) is 0 Å². The SMILES string of the molecule is CC(C)(N)CN1CCC(C(=O)c2ccc(Cl)cc2)CC1.Cl. The first-order valence-corrected chi connectivity index (χ1v) is 7.54. The van der Waals surface area contributed by atoms with Gasteiger partial charge in [0.15, 0.2) is 5.78 Å². The molecule has 5 heteroatoms. The highest BCUT2D eigenvalue weighted by Crippen LogP contribution is 2.23. The average molecular weight is 331 g/mol. The van der Waals surface area contributed by atoms with E-state index in [-0.39, 0.29) is 29.6 Å². The van der Waals surface area contributed by atoms with Gasteiger partial charge in [0.2, 0.25) is 0 Å². The molecule has 0 unspecified atom stereocenters. The van der Waals surface area contributed by atoms with Crippen LogP contribution in [0.5, 0.6) is 0 Å². The van der Waals surface area contributed by atoms with Crippen LogP contribution in [0.1, 0.15) is 37.0 Å². The number of likely N-dealkylation sites (tertiary alicyclic amines) is 1. The zero-order chi connectivity index (χ0) is 14.8. The molecule has 1 fully saturated rings. The van der Waals surface area contributed by atoms with E-state index in [9.17, 15) is 4.79 Å². The summed E-state index contributed by atoms with van der Waals surface area (Å²) in [5.41, 5.74) is 6.64. The monoisotopic (exact) mass is 330 g/mol. The summed E-state index contributed by atoms with van der Waals surface area (Å²) in [5, 5.41) is 0.668. The van der Waals surface area contributed by atoms with Crippen LogP contribution in [-0.2, 0) is 0 Å². The second-order valence-electron chi connectivity index (χ2n) is 6.41. The van der Waals surface area contributed by atoms with Crippen LogP contribution in [0.4, 0.5) is 0 Å². The number of piperidine rings is 1. The van der Waals surface area contributed by atoms with Crippen molar-refractivity contribution in [2.45, 2.75) is 32.2 Å². The molecule has 1 aliphatic rings. The van der Waals surface area contributed by atoms with E-state index in [1.807, 2.05) is 26.0 Å². The predicted molar refractivity (Wildman–Crippen MR) is 90.5 cm³/mol. The minimum atomic E-state index is -0.174. The summed E-state index contributed by atoms with van der Waals surface area (Å²) in [6, 6.07) is 7.20. The molecule has 118 valence electrons. The average Bonchev–Trinajstić information content (AvgIpc) is 2.38. The van der Waals surface area contributed by atoms with Crippen LogP contribution < -0.4 is 5.73 Å². The standard InChI is InChI=1S/C16H23ClN2O.ClH/c1-16(2,18)11-19-9-7-13(8-10-19)15(20)12-3-5-14(17)6-4-12;/h3-6,13H,7-11,18H2,1-2H3;1H. The summed E-state index contributed by atoms with van der Waals surface area (Å²) in [7, 11) is 0. The minimum Gasteiger partial charge on any atom is -0.324 e. The van der Waals surface area contributed by atoms with Crippen molar-refractivity contribution in [1.82, 2.24) is 4.90 Å². The van der Waals surface area contributed by atoms with E-state index in [0.29, 0.717) is 5.02 Å². The third-order valence-corrected chi connectivity index (χ3v) is 3.97. The molecule has 1 heterocycles. The molecule has 0 radical (unpaired) electrons. The van der Waals surface area contributed by atoms with Crippen LogP contribution in [0.15, 0.2) is 24.3 Å². The van der Waals surface area contributed by atoms with E-state index in [2.05, 4.69) is 4.90 Å². The van der Waals surface area contributed by atoms with Crippen LogP contribution in [-0.4, -0.2) is 35.9 Å². The molecule has 2 rings (SSSR count). The van der Waals surface area contributed by atoms with Crippen molar-refractivity contribution in [2.75, 3.05) is 19.6 Å². The first-order valence-electron chi connectivity index (χ1n) is 7.16. The third-order valence-electron chi connectivity index (χ3n) is 3.72. The lowest BCUT2D eigenvalue weighted by Crippen LogP contribution is -2.48. The Bertz CT molecular complexity index is 460. The molecular weight excluding hydrogens is 307 g/mol. The second kappa shape index (κ2) is 7.59. The van der Waals surface area contributed by atoms with Crippen molar-refractivity contribution >= 4 is 29.8 Å². The first-order chi connectivity index (χ1) is 9.35. The van der Waals surface area contributed by atoms with Crippen molar-refractivity contribution in [1.29, 1.82) is 0 Å². The van der Waals surface area contributed by atoms with Gasteiger partial charge in [0, 0.05) is 28.6 Å². The van der Waals surface area contributed by atoms with Gasteiger partial charge in [-0.3, -0.25) is 4.79 Å². The lowest BCUT2D eigenvalue weighted by atomic mass is 9.88. The zero-order valence-electron chi connectivity index (χ0n) is 12.6. The van der Waals surface area contributed by atoms with Gasteiger partial charge in [0.1, 0.15) is 0 Å². The maximum Gasteiger partial charge on any atom is 0.166 e. The smallest absolute Gasteiger partial charge is 0.166 e. The lowest BCUT2D eigenvalue weighted by Gasteiger charge is -2.35. The molecule has 0 aliphatic carbocycles. The molecule has 0 aromatic heterocycles. The molecule has 0 bridgehead atoms. The van der Waals surface area contributed by atoms with Gasteiger partial charge in [0.05, 0.1) is 0 Å². The van der Waals surface area contributed by atoms with Crippen LogP contribution in [0.25, 0.3) is 0 Å². The van der Waals surface area contributed by atoms with Gasteiger partial charge in [-0.1, -0.05) is 11.6 Å². The lowest BCUT2D eigenvalue weighted by molar-refractivity contribution is 0.0825. The largest absolute Gasteiger partial charge is 0.324 e. The molecule has 1 aliphatic heterocycles. The van der Waals surface area contributed by atoms with Crippen molar-refractivity contribution in [3.8, 4) is 0 Å². The molecule has 0 atom stereocenters. The number of rotatable bonds is 4. The fourth-order valence-electron chi connectivity index (χ4n) is 2.78. The van der Waals surface area contributed by atoms with Crippen LogP contribution in [0, 0.1) is 5.92 Å². The molecule has 0 amide bonds. The number of carbonyl (C=O) groups is 1. The van der Waals surface area contributed by atoms with Gasteiger partial charge in [-0.15, -0.1) is 12.4 Å². The highest BCUT2D eigenvalue weighted by Gasteiger charge is 2.27. The third kappa shape index (κ3) is 5.59. The summed E-state index contributed by atoms with van der Waals surface area (Å²) in [6.07, 6.45) is 1.83. The summed E-state index contributed by atoms with van der Waals surface area (Å²) < 4.78 is 0. The van der Waals surface area contributed by atoms with Crippen LogP contribution in [0.2, 0.25) is 5.02 Å². The van der Waals surface area contributed by atoms with Crippen molar-refractivity contribution in [3.05, 3.63) is 34.9 Å². The Morgan fingerprint density at radius 3 is 2.29 bits per heavy atom. The quantitative estimate of drug-likeness (QED) is 0.860. The molecule has 21 heavy (non-hydrogen) atoms. The highest BCUT2D eigenvalue weighted by molar-refractivity contribution is 6.30. The molecular formula is C16H24Cl2N2O. The van der Waals surface area contributed by atoms with Gasteiger partial charge >= 0.3 is 0 Å². The Hall–Kier alpha value is -0.610. The molecule has 1 saturated heterocycles. The number of hydrogen-bond acceptors (Lipinski definition) is 3. The first kappa shape index (κ1) is 18.4. The Balaban J connectivity index is 0.00000220. The van der Waals surface area contributed by atoms with E-state index in [0.717, 1.165) is 38.0 Å². The molecule has 1 aromatic rings. The highest BCUT2D eigenvalue weighted by atomic mass is 35.5. The fraction of sp³-hybridized carbons (Fsp3) is 0.562. The fourth-order valence-corrected chi connectivity index (χ4v) is 2.91. The molecule has 0 saturated carbocycles. The summed E-state index contributed by atoms with van der Waals surface area (Å²) in [5.74, 6) is 0.377. The van der Waals surface area contributed by atoms with Gasteiger partial charge < -0.3 is 10.6 Å². The van der Waals surface area contributed by atoms with Gasteiger partial charge in [-0.25, -0.2) is 0 Å². The number of hydrogen-bond donors (Lipinski definition) is 1. The van der Waals surface area contributed by atoms with Crippen LogP contribution in [0.3, 0.4) is 0 Å². The topological polar surface area (TPSA) is 46.3 Å². The number of nitrogens with zero attached hydrogens (tertiary/aromatic N) is 1.